The van der Waals surface area contributed by atoms with Gasteiger partial charge in [-0.2, -0.15) is 18.3 Å². The van der Waals surface area contributed by atoms with E-state index in [1.54, 1.807) is 18.2 Å². The topological polar surface area (TPSA) is 53.6 Å². The maximum atomic E-state index is 13.4. The Hall–Kier alpha value is -2.77. The molecule has 28 heavy (non-hydrogen) atoms. The quantitative estimate of drug-likeness (QED) is 0.448. The van der Waals surface area contributed by atoms with E-state index in [-0.39, 0.29) is 29.8 Å². The Morgan fingerprint density at radius 1 is 0.964 bits per heavy atom. The molecule has 0 aliphatic carbocycles. The van der Waals surface area contributed by atoms with Gasteiger partial charge < -0.3 is 5.32 Å². The fourth-order valence-electron chi connectivity index (χ4n) is 3.00. The number of alkyl halides is 3. The van der Waals surface area contributed by atoms with Crippen molar-refractivity contribution >= 4 is 22.5 Å². The van der Waals surface area contributed by atoms with Crippen LogP contribution in [0.2, 0.25) is 0 Å². The number of aryl methyl sites for hydroxylation is 1. The molecule has 0 atom stereocenters. The number of pyridine rings is 1. The van der Waals surface area contributed by atoms with Gasteiger partial charge in [0, 0.05) is 29.5 Å². The average Bonchev–Trinajstić information content (AvgIpc) is 3.04. The SMILES string of the molecule is Cc1cc(Nc2n[nH]c3ccccc23)nc(-c2ccccc2C(F)(F)F)c1.[V]. The number of hydrogen-bond acceptors (Lipinski definition) is 3. The molecule has 0 unspecified atom stereocenters. The number of rotatable bonds is 3. The van der Waals surface area contributed by atoms with E-state index in [9.17, 15) is 13.2 Å². The van der Waals surface area contributed by atoms with Crippen molar-refractivity contribution in [2.24, 2.45) is 0 Å². The third-order valence-electron chi connectivity index (χ3n) is 4.19. The number of halogens is 3. The summed E-state index contributed by atoms with van der Waals surface area (Å²) in [5, 5.41) is 11.1. The van der Waals surface area contributed by atoms with Crippen LogP contribution in [0.5, 0.6) is 0 Å². The molecule has 2 aromatic carbocycles. The summed E-state index contributed by atoms with van der Waals surface area (Å²) in [4.78, 5) is 4.39. The fraction of sp³-hybridized carbons (Fsp3) is 0.100. The molecule has 4 aromatic rings. The van der Waals surface area contributed by atoms with Crippen LogP contribution in [0.4, 0.5) is 24.8 Å². The number of nitrogens with zero attached hydrogens (tertiary/aromatic N) is 2. The maximum Gasteiger partial charge on any atom is 0.417 e. The van der Waals surface area contributed by atoms with Crippen molar-refractivity contribution in [3.8, 4) is 11.3 Å². The summed E-state index contributed by atoms with van der Waals surface area (Å²) in [6.45, 7) is 1.81. The van der Waals surface area contributed by atoms with Crippen molar-refractivity contribution in [1.29, 1.82) is 0 Å². The molecule has 0 fully saturated rings. The van der Waals surface area contributed by atoms with Crippen molar-refractivity contribution in [1.82, 2.24) is 15.2 Å². The van der Waals surface area contributed by atoms with E-state index < -0.39 is 11.7 Å². The summed E-state index contributed by atoms with van der Waals surface area (Å²) in [5.41, 5.74) is 1.24. The summed E-state index contributed by atoms with van der Waals surface area (Å²) in [6.07, 6.45) is -4.45. The van der Waals surface area contributed by atoms with Crippen molar-refractivity contribution in [3.63, 3.8) is 0 Å². The first-order valence-corrected chi connectivity index (χ1v) is 8.27. The summed E-state index contributed by atoms with van der Waals surface area (Å²) in [7, 11) is 0. The third kappa shape index (κ3) is 3.91. The van der Waals surface area contributed by atoms with E-state index in [1.807, 2.05) is 31.2 Å². The number of anilines is 2. The van der Waals surface area contributed by atoms with E-state index >= 15 is 0 Å². The van der Waals surface area contributed by atoms with Crippen LogP contribution in [-0.2, 0) is 24.7 Å². The van der Waals surface area contributed by atoms with Gasteiger partial charge in [0.1, 0.15) is 5.82 Å². The Morgan fingerprint density at radius 3 is 2.46 bits per heavy atom. The number of H-pyrrole nitrogens is 1. The minimum absolute atomic E-state index is 0. The molecule has 2 aromatic heterocycles. The average molecular weight is 419 g/mol. The van der Waals surface area contributed by atoms with Gasteiger partial charge in [0.25, 0.3) is 0 Å². The minimum atomic E-state index is -4.45. The molecule has 141 valence electrons. The Kier molecular flexibility index (Phi) is 5.49. The Morgan fingerprint density at radius 2 is 1.68 bits per heavy atom. The fourth-order valence-corrected chi connectivity index (χ4v) is 3.00. The van der Waals surface area contributed by atoms with Gasteiger partial charge >= 0.3 is 6.18 Å². The molecule has 2 heterocycles. The van der Waals surface area contributed by atoms with Crippen LogP contribution in [-0.4, -0.2) is 15.2 Å². The summed E-state index contributed by atoms with van der Waals surface area (Å²) < 4.78 is 40.1. The standard InChI is InChI=1S/C20H15F3N4.V/c1-12-10-17(13-6-2-4-8-15(13)20(21,22)23)24-18(11-12)25-19-14-7-3-5-9-16(14)26-27-19;/h2-11H,1H3,(H2,24,25,26,27);. The van der Waals surface area contributed by atoms with Gasteiger partial charge in [0.2, 0.25) is 0 Å². The van der Waals surface area contributed by atoms with Crippen molar-refractivity contribution in [2.75, 3.05) is 5.32 Å². The van der Waals surface area contributed by atoms with Gasteiger partial charge in [-0.3, -0.25) is 5.10 Å². The Labute approximate surface area is 171 Å². The number of nitrogens with one attached hydrogen (secondary N) is 2. The largest absolute Gasteiger partial charge is 0.417 e. The molecule has 0 amide bonds. The van der Waals surface area contributed by atoms with Crippen LogP contribution in [0.25, 0.3) is 22.2 Å². The number of para-hydroxylation sites is 1. The van der Waals surface area contributed by atoms with Crippen molar-refractivity contribution < 1.29 is 31.7 Å². The number of aromatic nitrogens is 3. The maximum absolute atomic E-state index is 13.4. The van der Waals surface area contributed by atoms with E-state index in [4.69, 9.17) is 0 Å². The second-order valence-electron chi connectivity index (χ2n) is 6.20. The smallest absolute Gasteiger partial charge is 0.323 e. The first-order valence-electron chi connectivity index (χ1n) is 8.27. The van der Waals surface area contributed by atoms with Crippen LogP contribution in [0.15, 0.2) is 60.7 Å². The van der Waals surface area contributed by atoms with Gasteiger partial charge in [-0.05, 0) is 42.8 Å². The Balaban J connectivity index is 0.00000225. The second kappa shape index (κ2) is 7.69. The number of benzene rings is 2. The molecular formula is C20H15F3N4V. The van der Waals surface area contributed by atoms with Gasteiger partial charge in [-0.25, -0.2) is 4.98 Å². The third-order valence-corrected chi connectivity index (χ3v) is 4.19. The predicted octanol–water partition coefficient (Wildman–Crippen LogP) is 5.69. The molecule has 0 spiro atoms. The van der Waals surface area contributed by atoms with E-state index in [0.717, 1.165) is 22.5 Å². The van der Waals surface area contributed by atoms with Gasteiger partial charge in [-0.1, -0.05) is 30.3 Å². The van der Waals surface area contributed by atoms with Crippen molar-refractivity contribution in [2.45, 2.75) is 13.1 Å². The molecule has 0 saturated carbocycles. The number of aromatic amines is 1. The molecule has 0 aliphatic rings. The zero-order valence-corrected chi connectivity index (χ0v) is 16.1. The summed E-state index contributed by atoms with van der Waals surface area (Å²) in [6, 6.07) is 16.4. The Bertz CT molecular complexity index is 1120. The molecule has 2 N–H and O–H groups in total. The first-order chi connectivity index (χ1) is 12.9. The van der Waals surface area contributed by atoms with Crippen LogP contribution in [0.1, 0.15) is 11.1 Å². The van der Waals surface area contributed by atoms with Crippen LogP contribution in [0, 0.1) is 6.92 Å². The molecule has 8 heteroatoms. The van der Waals surface area contributed by atoms with Crippen LogP contribution < -0.4 is 5.32 Å². The minimum Gasteiger partial charge on any atom is -0.323 e. The van der Waals surface area contributed by atoms with Crippen molar-refractivity contribution in [3.05, 3.63) is 71.8 Å². The number of fused-ring (bicyclic) bond motifs is 1. The van der Waals surface area contributed by atoms with Gasteiger partial charge in [-0.15, -0.1) is 0 Å². The molecule has 1 radical (unpaired) electrons. The summed E-state index contributed by atoms with van der Waals surface area (Å²) >= 11 is 0. The van der Waals surface area contributed by atoms with Gasteiger partial charge in [0.05, 0.1) is 16.8 Å². The predicted molar refractivity (Wildman–Crippen MR) is 98.8 cm³/mol. The summed E-state index contributed by atoms with van der Waals surface area (Å²) in [5.74, 6) is 0.998. The molecular weight excluding hydrogens is 404 g/mol. The van der Waals surface area contributed by atoms with Crippen LogP contribution in [0.3, 0.4) is 0 Å². The zero-order valence-electron chi connectivity index (χ0n) is 14.7. The second-order valence-corrected chi connectivity index (χ2v) is 6.20. The molecule has 4 rings (SSSR count). The zero-order chi connectivity index (χ0) is 19.0. The molecule has 0 aliphatic heterocycles. The van der Waals surface area contributed by atoms with E-state index in [1.165, 1.54) is 12.1 Å². The van der Waals surface area contributed by atoms with E-state index in [0.29, 0.717) is 11.6 Å². The molecule has 0 saturated heterocycles. The van der Waals surface area contributed by atoms with Crippen LogP contribution >= 0.6 is 0 Å². The first kappa shape index (κ1) is 20.0. The number of hydrogen-bond donors (Lipinski definition) is 2. The van der Waals surface area contributed by atoms with E-state index in [2.05, 4.69) is 20.5 Å². The normalized spacial score (nSPS) is 11.3. The molecule has 4 nitrogen and oxygen atoms in total. The monoisotopic (exact) mass is 419 g/mol. The van der Waals surface area contributed by atoms with Gasteiger partial charge in [0.15, 0.2) is 5.82 Å². The molecule has 0 bridgehead atoms.